The number of nitrogens with one attached hydrogen (secondary N) is 1. The summed E-state index contributed by atoms with van der Waals surface area (Å²) >= 11 is 0. The van der Waals surface area contributed by atoms with Crippen molar-refractivity contribution >= 4 is 24.0 Å². The van der Waals surface area contributed by atoms with Crippen LogP contribution in [0.4, 0.5) is 0 Å². The summed E-state index contributed by atoms with van der Waals surface area (Å²) in [4.78, 5) is 30.2. The molecule has 0 aliphatic heterocycles. The molecule has 1 fully saturated rings. The lowest BCUT2D eigenvalue weighted by atomic mass is 10.1. The molecule has 3 rings (SSSR count). The van der Waals surface area contributed by atoms with E-state index in [1.807, 2.05) is 67.4 Å². The summed E-state index contributed by atoms with van der Waals surface area (Å²) in [6.07, 6.45) is 10.7. The number of nitrogens with zero attached hydrogens (tertiary/aromatic N) is 2. The second-order valence-corrected chi connectivity index (χ2v) is 7.24. The molecular formula is C23H27N3O2. The van der Waals surface area contributed by atoms with Crippen molar-refractivity contribution in [3.8, 4) is 0 Å². The van der Waals surface area contributed by atoms with Crippen molar-refractivity contribution in [2.45, 2.75) is 44.7 Å². The molecule has 28 heavy (non-hydrogen) atoms. The fourth-order valence-corrected chi connectivity index (χ4v) is 3.54. The van der Waals surface area contributed by atoms with Crippen molar-refractivity contribution in [2.24, 2.45) is 0 Å². The topological polar surface area (TPSA) is 62.3 Å². The van der Waals surface area contributed by atoms with Crippen LogP contribution >= 0.6 is 0 Å². The zero-order valence-electron chi connectivity index (χ0n) is 16.5. The fraction of sp³-hybridized carbons (Fsp3) is 0.348. The summed E-state index contributed by atoms with van der Waals surface area (Å²) in [5, 5.41) is 3.04. The molecule has 0 spiro atoms. The molecule has 2 aromatic rings. The van der Waals surface area contributed by atoms with Crippen molar-refractivity contribution in [2.75, 3.05) is 7.05 Å². The monoisotopic (exact) mass is 377 g/mol. The highest BCUT2D eigenvalue weighted by molar-refractivity contribution is 5.94. The molecule has 0 radical (unpaired) electrons. The molecule has 1 aliphatic rings. The lowest BCUT2D eigenvalue weighted by Gasteiger charge is -2.25. The van der Waals surface area contributed by atoms with E-state index in [1.54, 1.807) is 12.4 Å². The quantitative estimate of drug-likeness (QED) is 0.833. The van der Waals surface area contributed by atoms with E-state index >= 15 is 0 Å². The minimum Gasteiger partial charge on any atom is -0.353 e. The van der Waals surface area contributed by atoms with E-state index in [2.05, 4.69) is 10.3 Å². The van der Waals surface area contributed by atoms with E-state index in [0.717, 1.165) is 30.4 Å². The van der Waals surface area contributed by atoms with Gasteiger partial charge in [0.1, 0.15) is 0 Å². The van der Waals surface area contributed by atoms with E-state index in [4.69, 9.17) is 0 Å². The third kappa shape index (κ3) is 5.06. The highest BCUT2D eigenvalue weighted by Crippen LogP contribution is 2.25. The molecule has 1 aromatic heterocycles. The summed E-state index contributed by atoms with van der Waals surface area (Å²) in [6.45, 7) is 1.85. The van der Waals surface area contributed by atoms with Crippen LogP contribution in [0.25, 0.3) is 12.2 Å². The predicted molar refractivity (Wildman–Crippen MR) is 112 cm³/mol. The number of aromatic nitrogens is 1. The SMILES string of the molecule is CCC(=O)N[C@H]1CC[C@@H](N(C)C(=O)c2ccc(/C=C/c3ccncc3)cc2)C1. The van der Waals surface area contributed by atoms with Crippen molar-refractivity contribution in [3.05, 3.63) is 65.5 Å². The number of carbonyl (C=O) groups excluding carboxylic acids is 2. The largest absolute Gasteiger partial charge is 0.353 e. The Kier molecular flexibility index (Phi) is 6.58. The highest BCUT2D eigenvalue weighted by atomic mass is 16.2. The van der Waals surface area contributed by atoms with Gasteiger partial charge in [-0.05, 0) is 54.7 Å². The number of benzene rings is 1. The second kappa shape index (κ2) is 9.31. The molecule has 0 saturated heterocycles. The Morgan fingerprint density at radius 2 is 1.71 bits per heavy atom. The van der Waals surface area contributed by atoms with Crippen molar-refractivity contribution in [1.29, 1.82) is 0 Å². The van der Waals surface area contributed by atoms with Gasteiger partial charge in [0, 0.05) is 43.5 Å². The van der Waals surface area contributed by atoms with E-state index < -0.39 is 0 Å². The lowest BCUT2D eigenvalue weighted by Crippen LogP contribution is -2.38. The van der Waals surface area contributed by atoms with Crippen molar-refractivity contribution in [3.63, 3.8) is 0 Å². The molecule has 146 valence electrons. The maximum atomic E-state index is 12.8. The highest BCUT2D eigenvalue weighted by Gasteiger charge is 2.30. The van der Waals surface area contributed by atoms with Gasteiger partial charge in [0.25, 0.3) is 5.91 Å². The third-order valence-corrected chi connectivity index (χ3v) is 5.29. The van der Waals surface area contributed by atoms with Gasteiger partial charge in [0.2, 0.25) is 5.91 Å². The first-order valence-electron chi connectivity index (χ1n) is 9.81. The van der Waals surface area contributed by atoms with Crippen LogP contribution in [0.1, 0.15) is 54.1 Å². The number of hydrogen-bond donors (Lipinski definition) is 1. The van der Waals surface area contributed by atoms with Gasteiger partial charge in [-0.15, -0.1) is 0 Å². The Labute approximate surface area is 166 Å². The van der Waals surface area contributed by atoms with Crippen LogP contribution < -0.4 is 5.32 Å². The molecule has 1 aromatic carbocycles. The molecule has 2 atom stereocenters. The first-order chi connectivity index (χ1) is 13.6. The van der Waals surface area contributed by atoms with E-state index in [1.165, 1.54) is 0 Å². The lowest BCUT2D eigenvalue weighted by molar-refractivity contribution is -0.121. The van der Waals surface area contributed by atoms with E-state index in [-0.39, 0.29) is 23.9 Å². The molecule has 2 amide bonds. The average Bonchev–Trinajstić information content (AvgIpc) is 3.20. The number of carbonyl (C=O) groups is 2. The average molecular weight is 377 g/mol. The first kappa shape index (κ1) is 19.8. The maximum Gasteiger partial charge on any atom is 0.253 e. The van der Waals surface area contributed by atoms with Gasteiger partial charge in [-0.25, -0.2) is 0 Å². The predicted octanol–water partition coefficient (Wildman–Crippen LogP) is 3.77. The minimum atomic E-state index is 0.0251. The number of rotatable bonds is 6. The van der Waals surface area contributed by atoms with Gasteiger partial charge in [0.05, 0.1) is 0 Å². The van der Waals surface area contributed by atoms with Gasteiger partial charge in [-0.1, -0.05) is 31.2 Å². The number of hydrogen-bond acceptors (Lipinski definition) is 3. The van der Waals surface area contributed by atoms with Crippen LogP contribution in [0.2, 0.25) is 0 Å². The Balaban J connectivity index is 1.58. The van der Waals surface area contributed by atoms with E-state index in [0.29, 0.717) is 12.0 Å². The molecule has 1 aliphatic carbocycles. The van der Waals surface area contributed by atoms with Gasteiger partial charge in [0.15, 0.2) is 0 Å². The first-order valence-corrected chi connectivity index (χ1v) is 9.81. The van der Waals surface area contributed by atoms with Gasteiger partial charge < -0.3 is 10.2 Å². The fourth-order valence-electron chi connectivity index (χ4n) is 3.54. The normalized spacial score (nSPS) is 18.9. The Morgan fingerprint density at radius 1 is 1.07 bits per heavy atom. The standard InChI is InChI=1S/C23H27N3O2/c1-3-22(27)25-20-10-11-21(16-20)26(2)23(28)19-8-6-17(7-9-19)4-5-18-12-14-24-15-13-18/h4-9,12-15,20-21H,3,10-11,16H2,1-2H3,(H,25,27)/b5-4+/t20-,21+/m0/s1. The van der Waals surface area contributed by atoms with Crippen LogP contribution in [0.3, 0.4) is 0 Å². The number of amides is 2. The molecule has 0 unspecified atom stereocenters. The zero-order chi connectivity index (χ0) is 19.9. The Morgan fingerprint density at radius 3 is 2.36 bits per heavy atom. The van der Waals surface area contributed by atoms with E-state index in [9.17, 15) is 9.59 Å². The summed E-state index contributed by atoms with van der Waals surface area (Å²) in [6, 6.07) is 11.9. The minimum absolute atomic E-state index is 0.0251. The molecule has 1 heterocycles. The molecule has 1 saturated carbocycles. The second-order valence-electron chi connectivity index (χ2n) is 7.24. The molecule has 5 heteroatoms. The van der Waals surface area contributed by atoms with Crippen molar-refractivity contribution < 1.29 is 9.59 Å². The summed E-state index contributed by atoms with van der Waals surface area (Å²) < 4.78 is 0. The van der Waals surface area contributed by atoms with Crippen LogP contribution in [0.15, 0.2) is 48.8 Å². The zero-order valence-corrected chi connectivity index (χ0v) is 16.5. The maximum absolute atomic E-state index is 12.8. The Hall–Kier alpha value is -2.95. The van der Waals surface area contributed by atoms with Crippen LogP contribution in [-0.4, -0.2) is 40.8 Å². The summed E-state index contributed by atoms with van der Waals surface area (Å²) in [5.74, 6) is 0.104. The van der Waals surface area contributed by atoms with Gasteiger partial charge in [-0.3, -0.25) is 14.6 Å². The van der Waals surface area contributed by atoms with Gasteiger partial charge >= 0.3 is 0 Å². The molecule has 5 nitrogen and oxygen atoms in total. The third-order valence-electron chi connectivity index (χ3n) is 5.29. The summed E-state index contributed by atoms with van der Waals surface area (Å²) in [5.41, 5.74) is 2.81. The summed E-state index contributed by atoms with van der Waals surface area (Å²) in [7, 11) is 1.86. The molecule has 0 bridgehead atoms. The van der Waals surface area contributed by atoms with Crippen LogP contribution in [-0.2, 0) is 4.79 Å². The number of pyridine rings is 1. The van der Waals surface area contributed by atoms with Gasteiger partial charge in [-0.2, -0.15) is 0 Å². The van der Waals surface area contributed by atoms with Crippen LogP contribution in [0, 0.1) is 0 Å². The van der Waals surface area contributed by atoms with Crippen molar-refractivity contribution in [1.82, 2.24) is 15.2 Å². The Bertz CT molecular complexity index is 831. The molecule has 1 N–H and O–H groups in total. The molecular weight excluding hydrogens is 350 g/mol. The van der Waals surface area contributed by atoms with Crippen LogP contribution in [0.5, 0.6) is 0 Å². The smallest absolute Gasteiger partial charge is 0.253 e.